The van der Waals surface area contributed by atoms with Gasteiger partial charge >= 0.3 is 0 Å². The van der Waals surface area contributed by atoms with E-state index in [2.05, 4.69) is 49.3 Å². The summed E-state index contributed by atoms with van der Waals surface area (Å²) in [7, 11) is 4.06. The number of hydrogen-bond acceptors (Lipinski definition) is 4. The Hall–Kier alpha value is -2.10. The maximum Gasteiger partial charge on any atom is 0.161 e. The SMILES string of the molecule is CCc1c(C)nc(-c2ccc3c(c2)CCN3C)nc1NC. The summed E-state index contributed by atoms with van der Waals surface area (Å²) in [4.78, 5) is 11.7. The fourth-order valence-corrected chi connectivity index (χ4v) is 3.06. The van der Waals surface area contributed by atoms with Crippen LogP contribution in [0.2, 0.25) is 0 Å². The summed E-state index contributed by atoms with van der Waals surface area (Å²) < 4.78 is 0. The molecule has 0 bridgehead atoms. The topological polar surface area (TPSA) is 41.1 Å². The van der Waals surface area contributed by atoms with Crippen LogP contribution in [0.3, 0.4) is 0 Å². The molecule has 1 aliphatic heterocycles. The van der Waals surface area contributed by atoms with Crippen molar-refractivity contribution in [2.75, 3.05) is 30.9 Å². The van der Waals surface area contributed by atoms with Crippen LogP contribution < -0.4 is 10.2 Å². The summed E-state index contributed by atoms with van der Waals surface area (Å²) >= 11 is 0. The summed E-state index contributed by atoms with van der Waals surface area (Å²) in [5.74, 6) is 1.75. The minimum atomic E-state index is 0.811. The maximum absolute atomic E-state index is 4.70. The molecule has 3 rings (SSSR count). The van der Waals surface area contributed by atoms with E-state index in [4.69, 9.17) is 9.97 Å². The van der Waals surface area contributed by atoms with Crippen LogP contribution in [0.25, 0.3) is 11.4 Å². The average molecular weight is 282 g/mol. The first-order chi connectivity index (χ1) is 10.1. The number of hydrogen-bond donors (Lipinski definition) is 1. The van der Waals surface area contributed by atoms with Gasteiger partial charge in [0.2, 0.25) is 0 Å². The van der Waals surface area contributed by atoms with E-state index in [1.54, 1.807) is 0 Å². The van der Waals surface area contributed by atoms with Gasteiger partial charge < -0.3 is 10.2 Å². The van der Waals surface area contributed by atoms with Crippen molar-refractivity contribution in [2.45, 2.75) is 26.7 Å². The Bertz CT molecular complexity index is 679. The normalized spacial score (nSPS) is 13.4. The standard InChI is InChI=1S/C17H22N4/c1-5-14-11(2)19-16(20-17(14)18-3)13-6-7-15-12(10-13)8-9-21(15)4/h6-7,10H,5,8-9H2,1-4H3,(H,18,19,20). The molecule has 0 spiro atoms. The predicted molar refractivity (Wildman–Crippen MR) is 88.1 cm³/mol. The monoisotopic (exact) mass is 282 g/mol. The molecule has 4 heteroatoms. The highest BCUT2D eigenvalue weighted by atomic mass is 15.1. The molecule has 0 fully saturated rings. The molecule has 0 aliphatic carbocycles. The van der Waals surface area contributed by atoms with Gasteiger partial charge in [0.05, 0.1) is 0 Å². The summed E-state index contributed by atoms with van der Waals surface area (Å²) in [6, 6.07) is 6.54. The third kappa shape index (κ3) is 2.35. The van der Waals surface area contributed by atoms with Gasteiger partial charge in [-0.3, -0.25) is 0 Å². The lowest BCUT2D eigenvalue weighted by Gasteiger charge is -2.14. The van der Waals surface area contributed by atoms with E-state index in [9.17, 15) is 0 Å². The molecule has 4 nitrogen and oxygen atoms in total. The Labute approximate surface area is 126 Å². The number of aryl methyl sites for hydroxylation is 1. The number of benzene rings is 1. The van der Waals surface area contributed by atoms with Crippen molar-refractivity contribution in [1.29, 1.82) is 0 Å². The molecule has 0 atom stereocenters. The van der Waals surface area contributed by atoms with E-state index in [0.717, 1.165) is 42.3 Å². The summed E-state index contributed by atoms with van der Waals surface area (Å²) in [6.45, 7) is 5.29. The first-order valence-electron chi connectivity index (χ1n) is 7.53. The molecule has 1 N–H and O–H groups in total. The largest absolute Gasteiger partial charge is 0.374 e. The number of rotatable bonds is 3. The van der Waals surface area contributed by atoms with Gasteiger partial charge in [0.25, 0.3) is 0 Å². The molecular formula is C17H22N4. The van der Waals surface area contributed by atoms with Gasteiger partial charge in [0.15, 0.2) is 5.82 Å². The highest BCUT2D eigenvalue weighted by molar-refractivity contribution is 5.68. The van der Waals surface area contributed by atoms with Gasteiger partial charge in [-0.05, 0) is 43.5 Å². The summed E-state index contributed by atoms with van der Waals surface area (Å²) in [5, 5.41) is 3.20. The summed E-state index contributed by atoms with van der Waals surface area (Å²) in [5.41, 5.74) is 6.08. The second kappa shape index (κ2) is 5.35. The predicted octanol–water partition coefficient (Wildman–Crippen LogP) is 3.05. The number of anilines is 2. The Morgan fingerprint density at radius 1 is 1.29 bits per heavy atom. The molecular weight excluding hydrogens is 260 g/mol. The van der Waals surface area contributed by atoms with Crippen molar-refractivity contribution in [2.24, 2.45) is 0 Å². The van der Waals surface area contributed by atoms with Gasteiger partial charge in [-0.2, -0.15) is 0 Å². The highest BCUT2D eigenvalue weighted by Gasteiger charge is 2.17. The van der Waals surface area contributed by atoms with Crippen LogP contribution in [0, 0.1) is 6.92 Å². The number of nitrogens with zero attached hydrogens (tertiary/aromatic N) is 3. The van der Waals surface area contributed by atoms with Crippen molar-refractivity contribution in [3.05, 3.63) is 35.0 Å². The van der Waals surface area contributed by atoms with Crippen LogP contribution >= 0.6 is 0 Å². The first-order valence-corrected chi connectivity index (χ1v) is 7.53. The minimum absolute atomic E-state index is 0.811. The molecule has 1 aromatic carbocycles. The molecule has 2 aromatic rings. The Balaban J connectivity index is 2.07. The molecule has 1 aromatic heterocycles. The Morgan fingerprint density at radius 2 is 2.10 bits per heavy atom. The van der Waals surface area contributed by atoms with Gasteiger partial charge in [-0.25, -0.2) is 9.97 Å². The lowest BCUT2D eigenvalue weighted by molar-refractivity contribution is 0.956. The lowest BCUT2D eigenvalue weighted by atomic mass is 10.1. The van der Waals surface area contributed by atoms with Crippen LogP contribution in [0.1, 0.15) is 23.7 Å². The molecule has 0 saturated heterocycles. The van der Waals surface area contributed by atoms with E-state index >= 15 is 0 Å². The van der Waals surface area contributed by atoms with Gasteiger partial charge in [-0.15, -0.1) is 0 Å². The van der Waals surface area contributed by atoms with Crippen LogP contribution in [0.4, 0.5) is 11.5 Å². The highest BCUT2D eigenvalue weighted by Crippen LogP contribution is 2.31. The van der Waals surface area contributed by atoms with Gasteiger partial charge in [0, 0.05) is 43.1 Å². The number of likely N-dealkylation sites (N-methyl/N-ethyl adjacent to an activating group) is 1. The molecule has 110 valence electrons. The average Bonchev–Trinajstić information content (AvgIpc) is 2.87. The maximum atomic E-state index is 4.70. The third-order valence-electron chi connectivity index (χ3n) is 4.27. The van der Waals surface area contributed by atoms with Crippen LogP contribution in [0.5, 0.6) is 0 Å². The van der Waals surface area contributed by atoms with E-state index in [1.807, 2.05) is 7.05 Å². The van der Waals surface area contributed by atoms with Crippen molar-refractivity contribution in [1.82, 2.24) is 9.97 Å². The molecule has 0 amide bonds. The molecule has 1 aliphatic rings. The second-order valence-electron chi connectivity index (χ2n) is 5.58. The van der Waals surface area contributed by atoms with Crippen LogP contribution in [-0.2, 0) is 12.8 Å². The van der Waals surface area contributed by atoms with E-state index in [-0.39, 0.29) is 0 Å². The van der Waals surface area contributed by atoms with Crippen molar-refractivity contribution in [3.8, 4) is 11.4 Å². The summed E-state index contributed by atoms with van der Waals surface area (Å²) in [6.07, 6.45) is 2.04. The smallest absolute Gasteiger partial charge is 0.161 e. The Morgan fingerprint density at radius 3 is 2.81 bits per heavy atom. The van der Waals surface area contributed by atoms with Crippen molar-refractivity contribution >= 4 is 11.5 Å². The molecule has 0 saturated carbocycles. The Kier molecular flexibility index (Phi) is 3.53. The number of aromatic nitrogens is 2. The van der Waals surface area contributed by atoms with E-state index in [0.29, 0.717) is 0 Å². The van der Waals surface area contributed by atoms with E-state index in [1.165, 1.54) is 16.8 Å². The van der Waals surface area contributed by atoms with Gasteiger partial charge in [-0.1, -0.05) is 6.92 Å². The van der Waals surface area contributed by atoms with Crippen LogP contribution in [0.15, 0.2) is 18.2 Å². The van der Waals surface area contributed by atoms with Crippen molar-refractivity contribution < 1.29 is 0 Å². The fourth-order valence-electron chi connectivity index (χ4n) is 3.06. The minimum Gasteiger partial charge on any atom is -0.374 e. The van der Waals surface area contributed by atoms with Crippen LogP contribution in [-0.4, -0.2) is 30.6 Å². The lowest BCUT2D eigenvalue weighted by Crippen LogP contribution is -2.12. The molecule has 21 heavy (non-hydrogen) atoms. The first kappa shape index (κ1) is 13.9. The zero-order valence-corrected chi connectivity index (χ0v) is 13.2. The zero-order valence-electron chi connectivity index (χ0n) is 13.2. The molecule has 2 heterocycles. The van der Waals surface area contributed by atoms with Gasteiger partial charge in [0.1, 0.15) is 5.82 Å². The second-order valence-corrected chi connectivity index (χ2v) is 5.58. The number of fused-ring (bicyclic) bond motifs is 1. The molecule has 0 radical (unpaired) electrons. The zero-order chi connectivity index (χ0) is 15.0. The third-order valence-corrected chi connectivity index (χ3v) is 4.27. The quantitative estimate of drug-likeness (QED) is 0.939. The van der Waals surface area contributed by atoms with Crippen molar-refractivity contribution in [3.63, 3.8) is 0 Å². The van der Waals surface area contributed by atoms with E-state index < -0.39 is 0 Å². The molecule has 0 unspecified atom stereocenters. The fraction of sp³-hybridized carbons (Fsp3) is 0.412. The number of nitrogens with one attached hydrogen (secondary N) is 1.